The molecular weight excluding hydrogens is 509 g/mol. The van der Waals surface area contributed by atoms with Crippen molar-refractivity contribution < 1.29 is 4.39 Å². The quantitative estimate of drug-likeness (QED) is 0.299. The van der Waals surface area contributed by atoms with Crippen molar-refractivity contribution >= 4 is 35.5 Å². The average molecular weight is 548 g/mol. The molecule has 3 N–H and O–H groups in total. The number of nitrogens with zero attached hydrogens (tertiary/aromatic N) is 5. The number of benzene rings is 1. The molecule has 0 bridgehead atoms. The fraction of sp³-hybridized carbons (Fsp3) is 0.433. The van der Waals surface area contributed by atoms with Gasteiger partial charge in [0.1, 0.15) is 11.4 Å². The molecule has 3 aliphatic rings. The lowest BCUT2D eigenvalue weighted by atomic mass is 9.68. The van der Waals surface area contributed by atoms with Crippen LogP contribution in [0.25, 0.3) is 5.70 Å². The third-order valence-corrected chi connectivity index (χ3v) is 8.92. The Morgan fingerprint density at radius 3 is 2.79 bits per heavy atom. The van der Waals surface area contributed by atoms with Crippen LogP contribution in [0.1, 0.15) is 56.9 Å². The van der Waals surface area contributed by atoms with Crippen LogP contribution in [0.4, 0.5) is 10.1 Å². The lowest BCUT2D eigenvalue weighted by molar-refractivity contribution is 0.252. The molecule has 7 nitrogen and oxygen atoms in total. The first kappa shape index (κ1) is 27.4. The van der Waals surface area contributed by atoms with Gasteiger partial charge in [-0.2, -0.15) is 0 Å². The number of nitrogens with two attached hydrogens (primary N) is 1. The molecule has 0 radical (unpaired) electrons. The molecule has 39 heavy (non-hydrogen) atoms. The second kappa shape index (κ2) is 11.5. The molecule has 9 heteroatoms. The number of fused-ring (bicyclic) bond motifs is 2. The normalized spacial score (nSPS) is 22.3. The first-order valence-corrected chi connectivity index (χ1v) is 14.6. The van der Waals surface area contributed by atoms with E-state index in [1.165, 1.54) is 29.0 Å². The number of guanidine groups is 1. The minimum Gasteiger partial charge on any atom is -0.369 e. The van der Waals surface area contributed by atoms with E-state index >= 15 is 0 Å². The second-order valence-electron chi connectivity index (χ2n) is 10.3. The SMILES string of the molecule is C/C=C(/CN(CC)C[C@@H]1SN(C)C(N)=N[C@@]12Cc1ccc(NC(=C3CC3)c3ccc(F)cn3)cc12)N=CCC. The number of aliphatic imine (C=N–C) groups is 2. The summed E-state index contributed by atoms with van der Waals surface area (Å²) >= 11 is 1.77. The summed E-state index contributed by atoms with van der Waals surface area (Å²) in [6.45, 7) is 8.95. The van der Waals surface area contributed by atoms with Crippen molar-refractivity contribution in [1.82, 2.24) is 14.2 Å². The maximum Gasteiger partial charge on any atom is 0.202 e. The predicted molar refractivity (Wildman–Crippen MR) is 161 cm³/mol. The van der Waals surface area contributed by atoms with E-state index in [0.717, 1.165) is 68.1 Å². The predicted octanol–water partition coefficient (Wildman–Crippen LogP) is 5.57. The number of hydrogen-bond acceptors (Lipinski definition) is 8. The van der Waals surface area contributed by atoms with Crippen LogP contribution >= 0.6 is 11.9 Å². The van der Waals surface area contributed by atoms with E-state index < -0.39 is 0 Å². The van der Waals surface area contributed by atoms with Crippen LogP contribution in [0.5, 0.6) is 0 Å². The van der Waals surface area contributed by atoms with Crippen molar-refractivity contribution in [3.05, 3.63) is 76.5 Å². The molecule has 1 spiro atoms. The molecule has 0 unspecified atom stereocenters. The number of nitrogens with one attached hydrogen (secondary N) is 1. The zero-order valence-corrected chi connectivity index (χ0v) is 24.1. The number of rotatable bonds is 10. The molecule has 2 aromatic rings. The molecule has 1 aromatic carbocycles. The zero-order valence-electron chi connectivity index (χ0n) is 23.2. The van der Waals surface area contributed by atoms with Gasteiger partial charge in [-0.3, -0.25) is 19.2 Å². The minimum absolute atomic E-state index is 0.200. The Labute approximate surface area is 235 Å². The number of hydrogen-bond donors (Lipinski definition) is 2. The molecule has 206 valence electrons. The summed E-state index contributed by atoms with van der Waals surface area (Å²) < 4.78 is 15.5. The lowest BCUT2D eigenvalue weighted by Crippen LogP contribution is -2.56. The van der Waals surface area contributed by atoms with Crippen molar-refractivity contribution in [3.8, 4) is 0 Å². The molecule has 1 saturated carbocycles. The van der Waals surface area contributed by atoms with Gasteiger partial charge in [-0.15, -0.1) is 0 Å². The van der Waals surface area contributed by atoms with E-state index in [-0.39, 0.29) is 16.6 Å². The van der Waals surface area contributed by atoms with Gasteiger partial charge in [0.2, 0.25) is 5.96 Å². The highest BCUT2D eigenvalue weighted by atomic mass is 32.2. The highest BCUT2D eigenvalue weighted by Gasteiger charge is 2.52. The maximum atomic E-state index is 13.5. The monoisotopic (exact) mass is 547 g/mol. The van der Waals surface area contributed by atoms with Gasteiger partial charge in [0.25, 0.3) is 0 Å². The Morgan fingerprint density at radius 1 is 1.31 bits per heavy atom. The van der Waals surface area contributed by atoms with Gasteiger partial charge in [-0.05, 0) is 85.6 Å². The molecule has 1 aliphatic heterocycles. The summed E-state index contributed by atoms with van der Waals surface area (Å²) in [5, 5.41) is 3.80. The highest BCUT2D eigenvalue weighted by Crippen LogP contribution is 2.52. The third-order valence-electron chi connectivity index (χ3n) is 7.63. The summed E-state index contributed by atoms with van der Waals surface area (Å²) in [5.41, 5.74) is 13.7. The number of likely N-dealkylation sites (N-methyl/N-ethyl adjacent to an activating group) is 1. The van der Waals surface area contributed by atoms with Crippen molar-refractivity contribution in [2.45, 2.75) is 57.2 Å². The van der Waals surface area contributed by atoms with E-state index in [4.69, 9.17) is 10.7 Å². The van der Waals surface area contributed by atoms with Crippen LogP contribution in [0, 0.1) is 5.82 Å². The van der Waals surface area contributed by atoms with Gasteiger partial charge in [0.05, 0.1) is 22.8 Å². The summed E-state index contributed by atoms with van der Waals surface area (Å²) in [4.78, 5) is 16.6. The van der Waals surface area contributed by atoms with Crippen molar-refractivity contribution in [2.75, 3.05) is 32.0 Å². The molecule has 5 rings (SSSR count). The summed E-state index contributed by atoms with van der Waals surface area (Å²) in [7, 11) is 1.99. The second-order valence-corrected chi connectivity index (χ2v) is 11.7. The lowest BCUT2D eigenvalue weighted by Gasteiger charge is -2.50. The zero-order chi connectivity index (χ0) is 27.6. The van der Waals surface area contributed by atoms with Gasteiger partial charge in [0, 0.05) is 44.2 Å². The van der Waals surface area contributed by atoms with Crippen LogP contribution in [0.15, 0.2) is 63.9 Å². The van der Waals surface area contributed by atoms with Gasteiger partial charge < -0.3 is 11.1 Å². The van der Waals surface area contributed by atoms with Crippen LogP contribution < -0.4 is 11.1 Å². The Morgan fingerprint density at radius 2 is 2.13 bits per heavy atom. The maximum absolute atomic E-state index is 13.5. The van der Waals surface area contributed by atoms with E-state index in [1.807, 2.05) is 17.6 Å². The molecule has 1 fully saturated rings. The first-order chi connectivity index (χ1) is 18.9. The number of aromatic nitrogens is 1. The smallest absolute Gasteiger partial charge is 0.202 e. The molecule has 2 heterocycles. The molecule has 0 amide bonds. The Hall–Kier alpha value is -3.17. The summed E-state index contributed by atoms with van der Waals surface area (Å²) in [6.07, 6.45) is 9.20. The van der Waals surface area contributed by atoms with Gasteiger partial charge in [-0.1, -0.05) is 26.0 Å². The molecule has 1 aromatic heterocycles. The Bertz CT molecular complexity index is 1330. The fourth-order valence-electron chi connectivity index (χ4n) is 5.24. The number of halogens is 1. The molecule has 2 atom stereocenters. The number of pyridine rings is 1. The van der Waals surface area contributed by atoms with Crippen molar-refractivity contribution in [2.24, 2.45) is 15.7 Å². The average Bonchev–Trinajstić information content (AvgIpc) is 3.77. The van der Waals surface area contributed by atoms with Crippen molar-refractivity contribution in [1.29, 1.82) is 0 Å². The molecule has 2 aliphatic carbocycles. The molecular formula is C30H38FN7S. The number of allylic oxidation sites excluding steroid dienone is 2. The van der Waals surface area contributed by atoms with E-state index in [2.05, 4.69) is 65.2 Å². The largest absolute Gasteiger partial charge is 0.369 e. The van der Waals surface area contributed by atoms with Crippen LogP contribution in [-0.4, -0.2) is 58.3 Å². The van der Waals surface area contributed by atoms with Crippen LogP contribution in [-0.2, 0) is 12.0 Å². The van der Waals surface area contributed by atoms with E-state index in [0.29, 0.717) is 5.96 Å². The van der Waals surface area contributed by atoms with Crippen LogP contribution in [0.2, 0.25) is 0 Å². The van der Waals surface area contributed by atoms with E-state index in [9.17, 15) is 4.39 Å². The highest BCUT2D eigenvalue weighted by molar-refractivity contribution is 7.98. The van der Waals surface area contributed by atoms with E-state index in [1.54, 1.807) is 18.0 Å². The first-order valence-electron chi connectivity index (χ1n) is 13.8. The third kappa shape index (κ3) is 5.75. The molecule has 0 saturated heterocycles. The van der Waals surface area contributed by atoms with Gasteiger partial charge >= 0.3 is 0 Å². The fourth-order valence-corrected chi connectivity index (χ4v) is 6.48. The Kier molecular flexibility index (Phi) is 8.09. The topological polar surface area (TPSA) is 82.1 Å². The van der Waals surface area contributed by atoms with Crippen LogP contribution in [0.3, 0.4) is 0 Å². The van der Waals surface area contributed by atoms with Gasteiger partial charge in [0.15, 0.2) is 0 Å². The Balaban J connectivity index is 1.42. The minimum atomic E-state index is -0.383. The standard InChI is InChI=1S/C30H38FN7S/c1-5-14-33-23(6-2)18-38(7-3)19-27-30(36-29(32)37(4)39-27)16-21-10-12-24(15-25(21)30)35-28(20-8-9-20)26-13-11-22(31)17-34-26/h6,10-15,17,27,35H,5,7-9,16,18-19H2,1-4H3,(H2,32,36)/b23-6-,33-14?/t27-,30+/m0/s1. The van der Waals surface area contributed by atoms with Gasteiger partial charge in [-0.25, -0.2) is 9.38 Å². The van der Waals surface area contributed by atoms with Crippen molar-refractivity contribution in [3.63, 3.8) is 0 Å². The number of anilines is 1. The summed E-state index contributed by atoms with van der Waals surface area (Å²) in [5.74, 6) is 0.226. The summed E-state index contributed by atoms with van der Waals surface area (Å²) in [6, 6.07) is 9.73.